The van der Waals surface area contributed by atoms with Crippen molar-refractivity contribution in [1.29, 1.82) is 0 Å². The molecule has 3 heterocycles. The second-order valence-corrected chi connectivity index (χ2v) is 12.5. The summed E-state index contributed by atoms with van der Waals surface area (Å²) in [7, 11) is 0. The summed E-state index contributed by atoms with van der Waals surface area (Å²) < 4.78 is 2.49. The predicted octanol–water partition coefficient (Wildman–Crippen LogP) is 11.5. The van der Waals surface area contributed by atoms with Gasteiger partial charge in [0.25, 0.3) is 0 Å². The maximum atomic E-state index is 5.40. The van der Waals surface area contributed by atoms with Crippen LogP contribution in [0.1, 0.15) is 0 Å². The van der Waals surface area contributed by atoms with Crippen molar-refractivity contribution >= 4 is 70.5 Å². The van der Waals surface area contributed by atoms with Crippen molar-refractivity contribution in [1.82, 2.24) is 14.4 Å². The van der Waals surface area contributed by atoms with Crippen LogP contribution in [0.15, 0.2) is 152 Å². The highest BCUT2D eigenvalue weighted by Gasteiger charge is 2.26. The third-order valence-corrected chi connectivity index (χ3v) is 10.1. The van der Waals surface area contributed by atoms with Crippen molar-refractivity contribution in [3.63, 3.8) is 0 Å². The van der Waals surface area contributed by atoms with Crippen molar-refractivity contribution in [2.24, 2.45) is 0 Å². The van der Waals surface area contributed by atoms with Crippen LogP contribution >= 0.6 is 0 Å². The quantitative estimate of drug-likeness (QED) is 0.190. The molecule has 0 saturated heterocycles. The molecule has 0 radical (unpaired) electrons. The van der Waals surface area contributed by atoms with Crippen molar-refractivity contribution in [3.05, 3.63) is 152 Å². The summed E-state index contributed by atoms with van der Waals surface area (Å²) in [6.45, 7) is 0. The molecule has 0 atom stereocenters. The van der Waals surface area contributed by atoms with Gasteiger partial charge in [-0.25, -0.2) is 9.97 Å². The van der Waals surface area contributed by atoms with E-state index >= 15 is 0 Å². The van der Waals surface area contributed by atoms with Crippen LogP contribution in [-0.4, -0.2) is 14.4 Å². The van der Waals surface area contributed by atoms with Crippen LogP contribution < -0.4 is 0 Å². The lowest BCUT2D eigenvalue weighted by atomic mass is 9.92. The monoisotopic (exact) mass is 595 g/mol. The summed E-state index contributed by atoms with van der Waals surface area (Å²) in [4.78, 5) is 10.8. The lowest BCUT2D eigenvalue weighted by Gasteiger charge is -2.14. The number of benzene rings is 8. The molecule has 0 amide bonds. The van der Waals surface area contributed by atoms with E-state index in [1.165, 1.54) is 65.2 Å². The summed E-state index contributed by atoms with van der Waals surface area (Å²) in [6.07, 6.45) is 0. The second-order valence-electron chi connectivity index (χ2n) is 12.5. The summed E-state index contributed by atoms with van der Waals surface area (Å²) >= 11 is 0. The molecule has 0 spiro atoms. The molecule has 47 heavy (non-hydrogen) atoms. The number of nitrogens with zero attached hydrogens (tertiary/aromatic N) is 3. The Labute approximate surface area is 269 Å². The number of hydrogen-bond donors (Lipinski definition) is 0. The first kappa shape index (κ1) is 24.9. The van der Waals surface area contributed by atoms with Crippen LogP contribution in [0.5, 0.6) is 0 Å². The summed E-state index contributed by atoms with van der Waals surface area (Å²) in [5, 5.41) is 11.3. The topological polar surface area (TPSA) is 30.2 Å². The Hall–Kier alpha value is -6.32. The van der Waals surface area contributed by atoms with Gasteiger partial charge >= 0.3 is 0 Å². The van der Waals surface area contributed by atoms with Gasteiger partial charge in [-0.05, 0) is 56.9 Å². The minimum Gasteiger partial charge on any atom is -0.307 e. The molecule has 0 fully saturated rings. The fourth-order valence-corrected chi connectivity index (χ4v) is 8.08. The Morgan fingerprint density at radius 3 is 1.74 bits per heavy atom. The minimum atomic E-state index is 0.735. The molecule has 216 valence electrons. The van der Waals surface area contributed by atoms with E-state index in [-0.39, 0.29) is 0 Å². The average Bonchev–Trinajstić information content (AvgIpc) is 3.68. The molecule has 11 rings (SSSR count). The van der Waals surface area contributed by atoms with E-state index in [9.17, 15) is 0 Å². The van der Waals surface area contributed by atoms with Gasteiger partial charge in [0, 0.05) is 38.1 Å². The van der Waals surface area contributed by atoms with E-state index in [2.05, 4.69) is 156 Å². The molecule has 3 aromatic heterocycles. The van der Waals surface area contributed by atoms with Crippen molar-refractivity contribution in [2.45, 2.75) is 0 Å². The number of fused-ring (bicyclic) bond motifs is 8. The first-order chi connectivity index (χ1) is 23.3. The first-order valence-electron chi connectivity index (χ1n) is 16.1. The SMILES string of the molecule is c1ccc(-c2ccc3c(-c4ccccc4)nc(-c4ccc5c6ccccc6c6ccc7c8ccccc8n8c4c5c6c78)nc3c2)cc1. The van der Waals surface area contributed by atoms with Crippen LogP contribution in [0, 0.1) is 0 Å². The number of hydrogen-bond acceptors (Lipinski definition) is 2. The molecular weight excluding hydrogens is 571 g/mol. The lowest BCUT2D eigenvalue weighted by molar-refractivity contribution is 1.23. The highest BCUT2D eigenvalue weighted by atomic mass is 14.9. The van der Waals surface area contributed by atoms with Crippen LogP contribution in [0.25, 0.3) is 104 Å². The zero-order chi connectivity index (χ0) is 30.6. The third-order valence-electron chi connectivity index (χ3n) is 10.1. The molecule has 0 N–H and O–H groups in total. The second kappa shape index (κ2) is 9.12. The molecule has 0 aliphatic heterocycles. The van der Waals surface area contributed by atoms with Crippen molar-refractivity contribution in [2.75, 3.05) is 0 Å². The molecule has 3 nitrogen and oxygen atoms in total. The van der Waals surface area contributed by atoms with Crippen molar-refractivity contribution in [3.8, 4) is 33.8 Å². The Kier molecular flexibility index (Phi) is 4.84. The molecule has 11 aromatic rings. The Bertz CT molecular complexity index is 2990. The van der Waals surface area contributed by atoms with Crippen LogP contribution in [-0.2, 0) is 0 Å². The predicted molar refractivity (Wildman–Crippen MR) is 197 cm³/mol. The molecule has 0 aliphatic rings. The number of para-hydroxylation sites is 1. The van der Waals surface area contributed by atoms with Crippen molar-refractivity contribution < 1.29 is 0 Å². The van der Waals surface area contributed by atoms with E-state index in [0.29, 0.717) is 0 Å². The van der Waals surface area contributed by atoms with Crippen LogP contribution in [0.4, 0.5) is 0 Å². The van der Waals surface area contributed by atoms with Gasteiger partial charge in [-0.3, -0.25) is 0 Å². The van der Waals surface area contributed by atoms with Gasteiger partial charge in [0.1, 0.15) is 0 Å². The van der Waals surface area contributed by atoms with Gasteiger partial charge in [0.2, 0.25) is 0 Å². The smallest absolute Gasteiger partial charge is 0.162 e. The van der Waals surface area contributed by atoms with E-state index in [4.69, 9.17) is 9.97 Å². The molecule has 0 aliphatic carbocycles. The summed E-state index contributed by atoms with van der Waals surface area (Å²) in [6, 6.07) is 54.4. The van der Waals surface area contributed by atoms with Gasteiger partial charge in [-0.1, -0.05) is 127 Å². The van der Waals surface area contributed by atoms with E-state index < -0.39 is 0 Å². The number of rotatable bonds is 3. The first-order valence-corrected chi connectivity index (χ1v) is 16.1. The Morgan fingerprint density at radius 1 is 0.383 bits per heavy atom. The fourth-order valence-electron chi connectivity index (χ4n) is 8.08. The zero-order valence-corrected chi connectivity index (χ0v) is 25.3. The van der Waals surface area contributed by atoms with Gasteiger partial charge in [-0.2, -0.15) is 0 Å². The fraction of sp³-hybridized carbons (Fsp3) is 0. The molecule has 0 unspecified atom stereocenters. The lowest BCUT2D eigenvalue weighted by Crippen LogP contribution is -1.97. The third kappa shape index (κ3) is 3.30. The highest BCUT2D eigenvalue weighted by Crippen LogP contribution is 2.49. The Balaban J connectivity index is 1.32. The minimum absolute atomic E-state index is 0.735. The van der Waals surface area contributed by atoms with Gasteiger partial charge in [0.05, 0.1) is 27.8 Å². The highest BCUT2D eigenvalue weighted by molar-refractivity contribution is 6.39. The normalized spacial score (nSPS) is 12.3. The molecule has 0 saturated carbocycles. The largest absolute Gasteiger partial charge is 0.307 e. The van der Waals surface area contributed by atoms with Gasteiger partial charge < -0.3 is 4.40 Å². The summed E-state index contributed by atoms with van der Waals surface area (Å²) in [5.41, 5.74) is 9.96. The van der Waals surface area contributed by atoms with E-state index in [1.807, 2.05) is 0 Å². The van der Waals surface area contributed by atoms with Crippen LogP contribution in [0.3, 0.4) is 0 Å². The van der Waals surface area contributed by atoms with Crippen LogP contribution in [0.2, 0.25) is 0 Å². The Morgan fingerprint density at radius 2 is 0.979 bits per heavy atom. The molecule has 0 bridgehead atoms. The van der Waals surface area contributed by atoms with Gasteiger partial charge in [0.15, 0.2) is 5.82 Å². The standard InChI is InChI=1S/C44H25N3/c1-3-11-26(12-4-1)28-19-20-35-37(25-28)45-44(46-41(35)27-13-5-2-6-14-27)36-24-22-33-30-16-8-7-15-29(30)32-21-23-34-31-17-9-10-18-38(31)47-42(34)39(32)40(33)43(36)47/h1-25H. The zero-order valence-electron chi connectivity index (χ0n) is 25.3. The van der Waals surface area contributed by atoms with E-state index in [0.717, 1.165) is 39.1 Å². The molecule has 3 heteroatoms. The average molecular weight is 596 g/mol. The maximum absolute atomic E-state index is 5.40. The van der Waals surface area contributed by atoms with E-state index in [1.54, 1.807) is 0 Å². The van der Waals surface area contributed by atoms with Gasteiger partial charge in [-0.15, -0.1) is 0 Å². The summed E-state index contributed by atoms with van der Waals surface area (Å²) in [5.74, 6) is 0.735. The number of aromatic nitrogens is 3. The molecule has 8 aromatic carbocycles. The maximum Gasteiger partial charge on any atom is 0.162 e. The molecular formula is C44H25N3.